The summed E-state index contributed by atoms with van der Waals surface area (Å²) in [5.41, 5.74) is 7.66. The van der Waals surface area contributed by atoms with Crippen molar-refractivity contribution < 1.29 is 30.0 Å². The number of amides is 1. The lowest BCUT2D eigenvalue weighted by molar-refractivity contribution is -0.129. The molecule has 0 aromatic heterocycles. The number of phenolic OH excluding ortho intramolecular Hbond substituents is 1. The van der Waals surface area contributed by atoms with Crippen molar-refractivity contribution >= 4 is 23.1 Å². The second-order valence-electron chi connectivity index (χ2n) is 11.7. The number of hydrogen-bond acceptors (Lipinski definition) is 8. The smallest absolute Gasteiger partial charge is 0.250 e. The summed E-state index contributed by atoms with van der Waals surface area (Å²) in [6.45, 7) is 7.42. The maximum absolute atomic E-state index is 13.7. The summed E-state index contributed by atoms with van der Waals surface area (Å²) >= 11 is 0. The Bertz CT molecular complexity index is 1180. The van der Waals surface area contributed by atoms with E-state index in [1.807, 2.05) is 25.1 Å². The second-order valence-corrected chi connectivity index (χ2v) is 11.7. The molecule has 0 radical (unpaired) electrons. The van der Waals surface area contributed by atoms with Crippen LogP contribution >= 0.6 is 0 Å². The number of anilines is 1. The first kappa shape index (κ1) is 26.0. The lowest BCUT2D eigenvalue weighted by Gasteiger charge is -2.44. The first-order valence-corrected chi connectivity index (χ1v) is 12.4. The normalized spacial score (nSPS) is 25.9. The van der Waals surface area contributed by atoms with Gasteiger partial charge in [0.15, 0.2) is 5.78 Å². The number of nitrogens with two attached hydrogens (primary N) is 1. The van der Waals surface area contributed by atoms with E-state index >= 15 is 0 Å². The molecule has 4 unspecified atom stereocenters. The zero-order chi connectivity index (χ0) is 26.7. The van der Waals surface area contributed by atoms with Crippen LogP contribution in [0.4, 0.5) is 5.69 Å². The highest BCUT2D eigenvalue weighted by Gasteiger charge is 2.51. The molecule has 4 rings (SSSR count). The number of ketones is 1. The minimum absolute atomic E-state index is 0.0457. The number of rotatable bonds is 5. The van der Waals surface area contributed by atoms with Gasteiger partial charge in [-0.1, -0.05) is 20.8 Å². The van der Waals surface area contributed by atoms with Gasteiger partial charge in [0, 0.05) is 50.4 Å². The summed E-state index contributed by atoms with van der Waals surface area (Å²) in [4.78, 5) is 27.4. The molecule has 9 heteroatoms. The molecule has 196 valence electrons. The number of Topliss-reactive ketones (excluding diaryl/α,β-unsaturated/α-hetero) is 1. The standard InChI is InChI=1S/C27H37N3O6/c1-27(2,3)11-29-10-14-8-16(30(4)5)15-7-12-6-13-9-17(31)21(26(28)36)25(35)19(13)23(33)18(12)24(34)20(15)22(14)32/h8,12-13,19,25,29,31-32,34-35H,6-7,9-11H2,1-5H3,(H2,28,36). The largest absolute Gasteiger partial charge is 0.512 e. The Labute approximate surface area is 211 Å². The highest BCUT2D eigenvalue weighted by molar-refractivity contribution is 6.07. The number of nitrogens with zero attached hydrogens (tertiary/aromatic N) is 1. The van der Waals surface area contributed by atoms with Gasteiger partial charge in [0.1, 0.15) is 17.3 Å². The van der Waals surface area contributed by atoms with Gasteiger partial charge in [0.05, 0.1) is 23.2 Å². The maximum atomic E-state index is 13.7. The van der Waals surface area contributed by atoms with E-state index in [9.17, 15) is 30.0 Å². The summed E-state index contributed by atoms with van der Waals surface area (Å²) in [5.74, 6) is -3.81. The zero-order valence-electron chi connectivity index (χ0n) is 21.6. The number of nitrogens with one attached hydrogen (secondary N) is 1. The fourth-order valence-electron chi connectivity index (χ4n) is 6.03. The van der Waals surface area contributed by atoms with Crippen molar-refractivity contribution in [3.05, 3.63) is 39.7 Å². The third-order valence-electron chi connectivity index (χ3n) is 7.60. The van der Waals surface area contributed by atoms with Crippen molar-refractivity contribution in [2.24, 2.45) is 28.9 Å². The van der Waals surface area contributed by atoms with Crippen LogP contribution in [0.3, 0.4) is 0 Å². The summed E-state index contributed by atoms with van der Waals surface area (Å²) in [7, 11) is 3.78. The van der Waals surface area contributed by atoms with E-state index in [2.05, 4.69) is 26.1 Å². The van der Waals surface area contributed by atoms with E-state index in [0.717, 1.165) is 17.8 Å². The minimum Gasteiger partial charge on any atom is -0.512 e. The van der Waals surface area contributed by atoms with E-state index in [4.69, 9.17) is 5.73 Å². The number of aliphatic hydroxyl groups is 3. The average molecular weight is 500 g/mol. The topological polar surface area (TPSA) is 156 Å². The predicted molar refractivity (Wildman–Crippen MR) is 136 cm³/mol. The number of fused-ring (bicyclic) bond motifs is 3. The number of hydrogen-bond donors (Lipinski definition) is 6. The Morgan fingerprint density at radius 3 is 2.44 bits per heavy atom. The van der Waals surface area contributed by atoms with Gasteiger partial charge in [-0.15, -0.1) is 0 Å². The first-order chi connectivity index (χ1) is 16.7. The van der Waals surface area contributed by atoms with Crippen LogP contribution in [0, 0.1) is 23.2 Å². The predicted octanol–water partition coefficient (Wildman–Crippen LogP) is 2.30. The van der Waals surface area contributed by atoms with Crippen molar-refractivity contribution in [3.63, 3.8) is 0 Å². The summed E-state index contributed by atoms with van der Waals surface area (Å²) in [6.07, 6.45) is -0.627. The molecule has 1 amide bonds. The summed E-state index contributed by atoms with van der Waals surface area (Å²) in [5, 5.41) is 47.2. The zero-order valence-corrected chi connectivity index (χ0v) is 21.6. The third-order valence-corrected chi connectivity index (χ3v) is 7.60. The molecular weight excluding hydrogens is 462 g/mol. The number of benzene rings is 1. The Kier molecular flexibility index (Phi) is 6.59. The molecule has 36 heavy (non-hydrogen) atoms. The van der Waals surface area contributed by atoms with Gasteiger partial charge in [-0.3, -0.25) is 9.59 Å². The van der Waals surface area contributed by atoms with Gasteiger partial charge in [-0.05, 0) is 41.7 Å². The number of primary amides is 1. The molecule has 0 aliphatic heterocycles. The fraction of sp³-hybridized carbons (Fsp3) is 0.556. The lowest BCUT2D eigenvalue weighted by Crippen LogP contribution is -2.49. The van der Waals surface area contributed by atoms with Crippen LogP contribution in [-0.4, -0.2) is 58.9 Å². The van der Waals surface area contributed by atoms with Gasteiger partial charge in [-0.2, -0.15) is 0 Å². The molecule has 1 saturated carbocycles. The number of carbonyl (C=O) groups is 2. The molecule has 0 heterocycles. The SMILES string of the molecule is CN(C)c1cc(CNCC(C)(C)C)c(O)c2c1CC1CC3CC(O)=C(C(N)=O)C(O)C3C(=O)C1=C2O. The van der Waals surface area contributed by atoms with Crippen molar-refractivity contribution in [2.75, 3.05) is 25.5 Å². The van der Waals surface area contributed by atoms with Gasteiger partial charge in [0.2, 0.25) is 0 Å². The van der Waals surface area contributed by atoms with Gasteiger partial charge >= 0.3 is 0 Å². The molecule has 1 aromatic rings. The van der Waals surface area contributed by atoms with Crippen LogP contribution in [0.1, 0.15) is 50.3 Å². The molecule has 3 aliphatic carbocycles. The Morgan fingerprint density at radius 1 is 1.19 bits per heavy atom. The third kappa shape index (κ3) is 4.35. The lowest BCUT2D eigenvalue weighted by atomic mass is 9.60. The van der Waals surface area contributed by atoms with Crippen LogP contribution in [0.5, 0.6) is 5.75 Å². The van der Waals surface area contributed by atoms with E-state index in [-0.39, 0.29) is 51.7 Å². The summed E-state index contributed by atoms with van der Waals surface area (Å²) < 4.78 is 0. The molecule has 3 aliphatic rings. The Hall–Kier alpha value is -3.04. The molecule has 4 atom stereocenters. The number of allylic oxidation sites excluding steroid dienone is 2. The van der Waals surface area contributed by atoms with E-state index in [1.165, 1.54) is 0 Å². The van der Waals surface area contributed by atoms with Crippen molar-refractivity contribution in [1.29, 1.82) is 0 Å². The first-order valence-electron chi connectivity index (χ1n) is 12.4. The molecular formula is C27H37N3O6. The van der Waals surface area contributed by atoms with Crippen LogP contribution < -0.4 is 16.0 Å². The van der Waals surface area contributed by atoms with Crippen LogP contribution in [0.2, 0.25) is 0 Å². The molecule has 0 bridgehead atoms. The minimum atomic E-state index is -1.55. The maximum Gasteiger partial charge on any atom is 0.250 e. The van der Waals surface area contributed by atoms with Gasteiger partial charge in [0.25, 0.3) is 5.91 Å². The van der Waals surface area contributed by atoms with Crippen molar-refractivity contribution in [2.45, 2.75) is 52.7 Å². The highest BCUT2D eigenvalue weighted by atomic mass is 16.3. The summed E-state index contributed by atoms with van der Waals surface area (Å²) in [6, 6.07) is 1.91. The number of aliphatic hydroxyl groups excluding tert-OH is 3. The van der Waals surface area contributed by atoms with Crippen LogP contribution in [-0.2, 0) is 22.6 Å². The van der Waals surface area contributed by atoms with Crippen molar-refractivity contribution in [3.8, 4) is 5.75 Å². The number of aromatic hydroxyl groups is 1. The molecule has 9 nitrogen and oxygen atoms in total. The van der Waals surface area contributed by atoms with E-state index in [0.29, 0.717) is 24.9 Å². The molecule has 0 saturated heterocycles. The highest BCUT2D eigenvalue weighted by Crippen LogP contribution is 2.52. The molecule has 0 spiro atoms. The second kappa shape index (κ2) is 9.12. The Balaban J connectivity index is 1.79. The average Bonchev–Trinajstić information content (AvgIpc) is 2.73. The number of carbonyl (C=O) groups excluding carboxylic acids is 2. The molecule has 1 aromatic carbocycles. The van der Waals surface area contributed by atoms with E-state index < -0.39 is 29.6 Å². The van der Waals surface area contributed by atoms with Crippen LogP contribution in [0.25, 0.3) is 5.76 Å². The number of phenols is 1. The van der Waals surface area contributed by atoms with Crippen molar-refractivity contribution in [1.82, 2.24) is 5.32 Å². The van der Waals surface area contributed by atoms with Gasteiger partial charge < -0.3 is 36.4 Å². The monoisotopic (exact) mass is 499 g/mol. The van der Waals surface area contributed by atoms with E-state index in [1.54, 1.807) is 0 Å². The van der Waals surface area contributed by atoms with Crippen LogP contribution in [0.15, 0.2) is 23.0 Å². The quantitative estimate of drug-likeness (QED) is 0.360. The van der Waals surface area contributed by atoms with Gasteiger partial charge in [-0.25, -0.2) is 0 Å². The molecule has 7 N–H and O–H groups in total. The fourth-order valence-corrected chi connectivity index (χ4v) is 6.03. The Morgan fingerprint density at radius 2 is 1.86 bits per heavy atom. The molecule has 1 fully saturated rings.